The Hall–Kier alpha value is -1.26. The molecule has 0 saturated carbocycles. The Kier molecular flexibility index (Phi) is 3.85. The Morgan fingerprint density at radius 1 is 1.15 bits per heavy atom. The summed E-state index contributed by atoms with van der Waals surface area (Å²) in [6.07, 6.45) is 2.13. The summed E-state index contributed by atoms with van der Waals surface area (Å²) in [4.78, 5) is 0. The Morgan fingerprint density at radius 2 is 1.95 bits per heavy atom. The summed E-state index contributed by atoms with van der Waals surface area (Å²) in [7, 11) is 0. The Morgan fingerprint density at radius 3 is 2.75 bits per heavy atom. The molecule has 0 aliphatic carbocycles. The lowest BCUT2D eigenvalue weighted by atomic mass is 9.94. The Bertz CT molecular complexity index is 473. The van der Waals surface area contributed by atoms with E-state index in [0.29, 0.717) is 19.3 Å². The normalized spacial score (nSPS) is 24.4. The fraction of sp³-hybridized carbons (Fsp3) is 0.625. The van der Waals surface area contributed by atoms with E-state index < -0.39 is 0 Å². The molecule has 0 spiro atoms. The topological polar surface area (TPSA) is 39.7 Å². The van der Waals surface area contributed by atoms with E-state index in [9.17, 15) is 0 Å². The third-order valence-corrected chi connectivity index (χ3v) is 3.90. The molecule has 4 nitrogen and oxygen atoms in total. The van der Waals surface area contributed by atoms with Crippen molar-refractivity contribution < 1.29 is 14.2 Å². The molecule has 0 aromatic heterocycles. The first-order chi connectivity index (χ1) is 9.62. The highest BCUT2D eigenvalue weighted by molar-refractivity contribution is 5.43. The van der Waals surface area contributed by atoms with E-state index in [1.165, 1.54) is 5.56 Å². The highest BCUT2D eigenvalue weighted by Crippen LogP contribution is 2.31. The van der Waals surface area contributed by atoms with E-state index in [2.05, 4.69) is 31.3 Å². The highest BCUT2D eigenvalue weighted by atomic mass is 16.6. The van der Waals surface area contributed by atoms with Crippen LogP contribution in [0.2, 0.25) is 0 Å². The van der Waals surface area contributed by atoms with E-state index in [1.54, 1.807) is 0 Å². The van der Waals surface area contributed by atoms with Crippen LogP contribution in [-0.2, 0) is 11.3 Å². The van der Waals surface area contributed by atoms with Crippen LogP contribution >= 0.6 is 0 Å². The molecular formula is C16H23NO3. The molecule has 0 bridgehead atoms. The number of hydrogen-bond donors (Lipinski definition) is 1. The second kappa shape index (κ2) is 5.62. The first kappa shape index (κ1) is 13.7. The summed E-state index contributed by atoms with van der Waals surface area (Å²) >= 11 is 0. The van der Waals surface area contributed by atoms with Crippen LogP contribution in [0.4, 0.5) is 0 Å². The minimum absolute atomic E-state index is 0.0112. The smallest absolute Gasteiger partial charge is 0.161 e. The van der Waals surface area contributed by atoms with Gasteiger partial charge in [-0.25, -0.2) is 0 Å². The molecule has 1 fully saturated rings. The predicted molar refractivity (Wildman–Crippen MR) is 77.3 cm³/mol. The van der Waals surface area contributed by atoms with Gasteiger partial charge in [0.2, 0.25) is 0 Å². The zero-order valence-corrected chi connectivity index (χ0v) is 12.3. The van der Waals surface area contributed by atoms with Gasteiger partial charge in [-0.3, -0.25) is 0 Å². The second-order valence-electron chi connectivity index (χ2n) is 6.16. The third kappa shape index (κ3) is 3.25. The lowest BCUT2D eigenvalue weighted by Gasteiger charge is -2.36. The predicted octanol–water partition coefficient (Wildman–Crippen LogP) is 2.51. The summed E-state index contributed by atoms with van der Waals surface area (Å²) < 4.78 is 16.9. The standard InChI is InChI=1S/C16H23NO3/c1-16(2)10-13(5-6-20-16)17-11-12-3-4-14-15(9-12)19-8-7-18-14/h3-4,9,13,17H,5-8,10-11H2,1-2H3. The van der Waals surface area contributed by atoms with Crippen molar-refractivity contribution >= 4 is 0 Å². The molecule has 0 radical (unpaired) electrons. The first-order valence-electron chi connectivity index (χ1n) is 7.38. The molecule has 1 aromatic carbocycles. The summed E-state index contributed by atoms with van der Waals surface area (Å²) in [5, 5.41) is 3.62. The van der Waals surface area contributed by atoms with Gasteiger partial charge in [-0.1, -0.05) is 6.07 Å². The quantitative estimate of drug-likeness (QED) is 0.921. The SMILES string of the molecule is CC1(C)CC(NCc2ccc3c(c2)OCCO3)CCO1. The van der Waals surface area contributed by atoms with Crippen molar-refractivity contribution in [2.45, 2.75) is 44.9 Å². The van der Waals surface area contributed by atoms with Crippen molar-refractivity contribution in [3.8, 4) is 11.5 Å². The summed E-state index contributed by atoms with van der Waals surface area (Å²) in [6.45, 7) is 7.29. The molecule has 20 heavy (non-hydrogen) atoms. The van der Waals surface area contributed by atoms with Crippen LogP contribution in [0.15, 0.2) is 18.2 Å². The number of benzene rings is 1. The van der Waals surface area contributed by atoms with Crippen LogP contribution in [0.3, 0.4) is 0 Å². The molecule has 110 valence electrons. The van der Waals surface area contributed by atoms with Crippen molar-refractivity contribution in [3.05, 3.63) is 23.8 Å². The molecule has 0 amide bonds. The maximum absolute atomic E-state index is 5.75. The van der Waals surface area contributed by atoms with Gasteiger partial charge < -0.3 is 19.5 Å². The number of hydrogen-bond acceptors (Lipinski definition) is 4. The van der Waals surface area contributed by atoms with Gasteiger partial charge >= 0.3 is 0 Å². The molecular weight excluding hydrogens is 254 g/mol. The molecule has 2 aliphatic heterocycles. The van der Waals surface area contributed by atoms with E-state index in [-0.39, 0.29) is 5.60 Å². The van der Waals surface area contributed by atoms with Crippen molar-refractivity contribution in [1.82, 2.24) is 5.32 Å². The highest BCUT2D eigenvalue weighted by Gasteiger charge is 2.28. The Balaban J connectivity index is 1.58. The van der Waals surface area contributed by atoms with Gasteiger partial charge in [-0.05, 0) is 44.4 Å². The lowest BCUT2D eigenvalue weighted by molar-refractivity contribution is -0.0630. The zero-order valence-electron chi connectivity index (χ0n) is 12.3. The minimum atomic E-state index is -0.0112. The van der Waals surface area contributed by atoms with Gasteiger partial charge in [0.1, 0.15) is 13.2 Å². The minimum Gasteiger partial charge on any atom is -0.486 e. The fourth-order valence-electron chi connectivity index (χ4n) is 2.87. The molecule has 1 saturated heterocycles. The maximum atomic E-state index is 5.75. The lowest BCUT2D eigenvalue weighted by Crippen LogP contribution is -2.43. The summed E-state index contributed by atoms with van der Waals surface area (Å²) in [5.74, 6) is 1.72. The first-order valence-corrected chi connectivity index (χ1v) is 7.38. The molecule has 1 aromatic rings. The molecule has 3 rings (SSSR count). The number of rotatable bonds is 3. The van der Waals surface area contributed by atoms with Crippen LogP contribution in [-0.4, -0.2) is 31.5 Å². The van der Waals surface area contributed by atoms with Gasteiger partial charge in [-0.15, -0.1) is 0 Å². The third-order valence-electron chi connectivity index (χ3n) is 3.90. The molecule has 2 heterocycles. The number of fused-ring (bicyclic) bond motifs is 1. The van der Waals surface area contributed by atoms with Gasteiger partial charge in [0, 0.05) is 19.2 Å². The molecule has 2 aliphatic rings. The van der Waals surface area contributed by atoms with Crippen LogP contribution < -0.4 is 14.8 Å². The van der Waals surface area contributed by atoms with E-state index >= 15 is 0 Å². The average Bonchev–Trinajstić information content (AvgIpc) is 2.44. The van der Waals surface area contributed by atoms with Gasteiger partial charge in [0.05, 0.1) is 5.60 Å². The molecule has 1 N–H and O–H groups in total. The second-order valence-corrected chi connectivity index (χ2v) is 6.16. The van der Waals surface area contributed by atoms with Gasteiger partial charge in [0.15, 0.2) is 11.5 Å². The average molecular weight is 277 g/mol. The van der Waals surface area contributed by atoms with E-state index in [4.69, 9.17) is 14.2 Å². The van der Waals surface area contributed by atoms with Crippen molar-refractivity contribution in [3.63, 3.8) is 0 Å². The summed E-state index contributed by atoms with van der Waals surface area (Å²) in [6, 6.07) is 6.70. The van der Waals surface area contributed by atoms with Crippen molar-refractivity contribution in [1.29, 1.82) is 0 Å². The van der Waals surface area contributed by atoms with E-state index in [0.717, 1.165) is 37.5 Å². The van der Waals surface area contributed by atoms with Crippen LogP contribution in [0.5, 0.6) is 11.5 Å². The van der Waals surface area contributed by atoms with Crippen LogP contribution in [0.25, 0.3) is 0 Å². The summed E-state index contributed by atoms with van der Waals surface area (Å²) in [5.41, 5.74) is 1.22. The maximum Gasteiger partial charge on any atom is 0.161 e. The number of nitrogens with one attached hydrogen (secondary N) is 1. The largest absolute Gasteiger partial charge is 0.486 e. The fourth-order valence-corrected chi connectivity index (χ4v) is 2.87. The molecule has 4 heteroatoms. The van der Waals surface area contributed by atoms with E-state index in [1.807, 2.05) is 6.07 Å². The molecule has 1 atom stereocenters. The van der Waals surface area contributed by atoms with Crippen LogP contribution in [0, 0.1) is 0 Å². The Labute approximate surface area is 120 Å². The zero-order chi connectivity index (χ0) is 14.0. The molecule has 1 unspecified atom stereocenters. The van der Waals surface area contributed by atoms with Crippen molar-refractivity contribution in [2.24, 2.45) is 0 Å². The van der Waals surface area contributed by atoms with Crippen LogP contribution in [0.1, 0.15) is 32.3 Å². The van der Waals surface area contributed by atoms with Crippen molar-refractivity contribution in [2.75, 3.05) is 19.8 Å². The monoisotopic (exact) mass is 277 g/mol. The van der Waals surface area contributed by atoms with Gasteiger partial charge in [-0.2, -0.15) is 0 Å². The van der Waals surface area contributed by atoms with Gasteiger partial charge in [0.25, 0.3) is 0 Å². The number of ether oxygens (including phenoxy) is 3.